The molecule has 2 aromatic rings. The van der Waals surface area contributed by atoms with Gasteiger partial charge >= 0.3 is 0 Å². The lowest BCUT2D eigenvalue weighted by atomic mass is 10.1. The fourth-order valence-corrected chi connectivity index (χ4v) is 1.96. The third-order valence-electron chi connectivity index (χ3n) is 2.96. The van der Waals surface area contributed by atoms with Crippen LogP contribution in [0.15, 0.2) is 30.5 Å². The van der Waals surface area contributed by atoms with Gasteiger partial charge in [0.05, 0.1) is 6.07 Å². The van der Waals surface area contributed by atoms with Crippen LogP contribution in [0.5, 0.6) is 0 Å². The standard InChI is InChI=1S/C14H15N3O/c1-17(14(18)7-4-8-15)10-11-9-16-13-6-3-2-5-12(11)13/h2-3,5-6,9,16H,4,7,10H2,1H3. The van der Waals surface area contributed by atoms with Crippen molar-refractivity contribution in [2.24, 2.45) is 0 Å². The largest absolute Gasteiger partial charge is 0.361 e. The Kier molecular flexibility index (Phi) is 3.63. The van der Waals surface area contributed by atoms with Crippen LogP contribution in [0.1, 0.15) is 18.4 Å². The molecule has 0 saturated carbocycles. The molecule has 92 valence electrons. The van der Waals surface area contributed by atoms with E-state index in [0.717, 1.165) is 16.5 Å². The van der Waals surface area contributed by atoms with Crippen molar-refractivity contribution in [2.75, 3.05) is 7.05 Å². The minimum atomic E-state index is 0.00170. The number of nitrogens with one attached hydrogen (secondary N) is 1. The lowest BCUT2D eigenvalue weighted by Gasteiger charge is -2.15. The summed E-state index contributed by atoms with van der Waals surface area (Å²) in [4.78, 5) is 16.6. The first kappa shape index (κ1) is 12.2. The summed E-state index contributed by atoms with van der Waals surface area (Å²) >= 11 is 0. The summed E-state index contributed by atoms with van der Waals surface area (Å²) in [6, 6.07) is 9.99. The quantitative estimate of drug-likeness (QED) is 0.893. The maximum absolute atomic E-state index is 11.7. The molecule has 1 amide bonds. The first-order valence-corrected chi connectivity index (χ1v) is 5.88. The average molecular weight is 241 g/mol. The van der Waals surface area contributed by atoms with Gasteiger partial charge in [-0.1, -0.05) is 18.2 Å². The van der Waals surface area contributed by atoms with Gasteiger partial charge in [0.2, 0.25) is 5.91 Å². The van der Waals surface area contributed by atoms with E-state index in [9.17, 15) is 4.79 Å². The topological polar surface area (TPSA) is 59.9 Å². The predicted octanol–water partition coefficient (Wildman–Crippen LogP) is 2.43. The summed E-state index contributed by atoms with van der Waals surface area (Å²) in [5, 5.41) is 9.61. The molecule has 1 aromatic carbocycles. The fourth-order valence-electron chi connectivity index (χ4n) is 1.96. The second kappa shape index (κ2) is 5.37. The van der Waals surface area contributed by atoms with Crippen molar-refractivity contribution in [3.05, 3.63) is 36.0 Å². The number of hydrogen-bond donors (Lipinski definition) is 1. The van der Waals surface area contributed by atoms with Gasteiger partial charge in [-0.25, -0.2) is 0 Å². The molecule has 0 aliphatic rings. The van der Waals surface area contributed by atoms with E-state index in [4.69, 9.17) is 5.26 Å². The number of para-hydroxylation sites is 1. The third kappa shape index (κ3) is 2.51. The van der Waals surface area contributed by atoms with Crippen LogP contribution in [0.3, 0.4) is 0 Å². The summed E-state index contributed by atoms with van der Waals surface area (Å²) in [6.07, 6.45) is 2.49. The molecule has 0 aliphatic heterocycles. The molecule has 0 saturated heterocycles. The molecule has 0 spiro atoms. The molecule has 0 fully saturated rings. The third-order valence-corrected chi connectivity index (χ3v) is 2.96. The van der Waals surface area contributed by atoms with Crippen LogP contribution in [0.2, 0.25) is 0 Å². The molecule has 0 unspecified atom stereocenters. The number of nitrogens with zero attached hydrogens (tertiary/aromatic N) is 2. The maximum atomic E-state index is 11.7. The van der Waals surface area contributed by atoms with E-state index in [1.54, 1.807) is 11.9 Å². The Morgan fingerprint density at radius 1 is 1.44 bits per heavy atom. The number of hydrogen-bond acceptors (Lipinski definition) is 2. The van der Waals surface area contributed by atoms with E-state index in [1.807, 2.05) is 36.5 Å². The lowest BCUT2D eigenvalue weighted by molar-refractivity contribution is -0.130. The first-order valence-electron chi connectivity index (χ1n) is 5.88. The van der Waals surface area contributed by atoms with E-state index in [0.29, 0.717) is 6.54 Å². The summed E-state index contributed by atoms with van der Waals surface area (Å²) < 4.78 is 0. The first-order chi connectivity index (χ1) is 8.72. The van der Waals surface area contributed by atoms with E-state index >= 15 is 0 Å². The van der Waals surface area contributed by atoms with Gasteiger partial charge in [-0.2, -0.15) is 5.26 Å². The Morgan fingerprint density at radius 2 is 2.22 bits per heavy atom. The van der Waals surface area contributed by atoms with Gasteiger partial charge in [0.1, 0.15) is 0 Å². The van der Waals surface area contributed by atoms with E-state index in [2.05, 4.69) is 4.98 Å². The second-order valence-corrected chi connectivity index (χ2v) is 4.27. The van der Waals surface area contributed by atoms with Crippen molar-refractivity contribution in [3.63, 3.8) is 0 Å². The second-order valence-electron chi connectivity index (χ2n) is 4.27. The van der Waals surface area contributed by atoms with Gasteiger partial charge in [-0.15, -0.1) is 0 Å². The van der Waals surface area contributed by atoms with Crippen molar-refractivity contribution in [1.29, 1.82) is 5.26 Å². The number of carbonyl (C=O) groups excluding carboxylic acids is 1. The zero-order valence-corrected chi connectivity index (χ0v) is 10.3. The van der Waals surface area contributed by atoms with E-state index in [1.165, 1.54) is 0 Å². The van der Waals surface area contributed by atoms with Crippen molar-refractivity contribution in [3.8, 4) is 6.07 Å². The summed E-state index contributed by atoms with van der Waals surface area (Å²) in [5.41, 5.74) is 2.17. The Morgan fingerprint density at radius 3 is 3.00 bits per heavy atom. The molecule has 0 aliphatic carbocycles. The van der Waals surface area contributed by atoms with Gasteiger partial charge in [0.25, 0.3) is 0 Å². The molecular formula is C14H15N3O. The molecule has 2 rings (SSSR count). The van der Waals surface area contributed by atoms with Crippen LogP contribution in [-0.4, -0.2) is 22.8 Å². The molecule has 0 atom stereocenters. The van der Waals surface area contributed by atoms with Crippen LogP contribution in [0.4, 0.5) is 0 Å². The predicted molar refractivity (Wildman–Crippen MR) is 69.6 cm³/mol. The van der Waals surface area contributed by atoms with Gasteiger partial charge in [0.15, 0.2) is 0 Å². The highest BCUT2D eigenvalue weighted by Gasteiger charge is 2.11. The monoisotopic (exact) mass is 241 g/mol. The summed E-state index contributed by atoms with van der Waals surface area (Å²) in [7, 11) is 1.77. The Balaban J connectivity index is 2.09. The zero-order valence-electron chi connectivity index (χ0n) is 10.3. The van der Waals surface area contributed by atoms with Crippen molar-refractivity contribution in [1.82, 2.24) is 9.88 Å². The van der Waals surface area contributed by atoms with E-state index < -0.39 is 0 Å². The number of benzene rings is 1. The molecule has 4 heteroatoms. The molecule has 1 N–H and O–H groups in total. The highest BCUT2D eigenvalue weighted by molar-refractivity contribution is 5.84. The molecule has 4 nitrogen and oxygen atoms in total. The van der Waals surface area contributed by atoms with Crippen molar-refractivity contribution in [2.45, 2.75) is 19.4 Å². The van der Waals surface area contributed by atoms with E-state index in [-0.39, 0.29) is 18.7 Å². The van der Waals surface area contributed by atoms with Crippen LogP contribution < -0.4 is 0 Å². The Labute approximate surface area is 106 Å². The number of nitriles is 1. The maximum Gasteiger partial charge on any atom is 0.223 e. The lowest BCUT2D eigenvalue weighted by Crippen LogP contribution is -2.25. The number of carbonyl (C=O) groups is 1. The van der Waals surface area contributed by atoms with Gasteiger partial charge in [0, 0.05) is 43.5 Å². The molecular weight excluding hydrogens is 226 g/mol. The fraction of sp³-hybridized carbons (Fsp3) is 0.286. The molecule has 1 aromatic heterocycles. The smallest absolute Gasteiger partial charge is 0.223 e. The highest BCUT2D eigenvalue weighted by atomic mass is 16.2. The number of fused-ring (bicyclic) bond motifs is 1. The number of H-pyrrole nitrogens is 1. The van der Waals surface area contributed by atoms with Gasteiger partial charge < -0.3 is 9.88 Å². The van der Waals surface area contributed by atoms with Gasteiger partial charge in [-0.3, -0.25) is 4.79 Å². The molecule has 18 heavy (non-hydrogen) atoms. The van der Waals surface area contributed by atoms with Crippen LogP contribution in [-0.2, 0) is 11.3 Å². The number of aromatic amines is 1. The summed E-state index contributed by atoms with van der Waals surface area (Å²) in [6.45, 7) is 0.564. The normalized spacial score (nSPS) is 10.2. The molecule has 0 radical (unpaired) electrons. The Bertz CT molecular complexity index is 594. The van der Waals surface area contributed by atoms with Crippen LogP contribution in [0, 0.1) is 11.3 Å². The highest BCUT2D eigenvalue weighted by Crippen LogP contribution is 2.19. The molecule has 1 heterocycles. The Hall–Kier alpha value is -2.28. The molecule has 0 bridgehead atoms. The van der Waals surface area contributed by atoms with Gasteiger partial charge in [-0.05, 0) is 11.6 Å². The van der Waals surface area contributed by atoms with Crippen molar-refractivity contribution >= 4 is 16.8 Å². The number of amides is 1. The van der Waals surface area contributed by atoms with Crippen molar-refractivity contribution < 1.29 is 4.79 Å². The zero-order chi connectivity index (χ0) is 13.0. The number of rotatable bonds is 4. The van der Waals surface area contributed by atoms with Crippen LogP contribution in [0.25, 0.3) is 10.9 Å². The SMILES string of the molecule is CN(Cc1c[nH]c2ccccc12)C(=O)CCC#N. The van der Waals surface area contributed by atoms with Crippen LogP contribution >= 0.6 is 0 Å². The number of aromatic nitrogens is 1. The average Bonchev–Trinajstić information content (AvgIpc) is 2.79. The minimum absolute atomic E-state index is 0.00170. The minimum Gasteiger partial charge on any atom is -0.361 e. The summed E-state index contributed by atoms with van der Waals surface area (Å²) in [5.74, 6) is 0.00170.